The molecular formula is C13H21Cl2N3OS. The summed E-state index contributed by atoms with van der Waals surface area (Å²) < 4.78 is 5.66. The van der Waals surface area contributed by atoms with Gasteiger partial charge in [0.05, 0.1) is 6.61 Å². The van der Waals surface area contributed by atoms with E-state index in [1.54, 1.807) is 6.07 Å². The van der Waals surface area contributed by atoms with Crippen molar-refractivity contribution in [2.45, 2.75) is 30.8 Å². The lowest BCUT2D eigenvalue weighted by atomic mass is 9.93. The minimum atomic E-state index is 0. The van der Waals surface area contributed by atoms with E-state index in [-0.39, 0.29) is 12.4 Å². The maximum atomic E-state index is 5.91. The van der Waals surface area contributed by atoms with Gasteiger partial charge < -0.3 is 10.1 Å². The Hall–Kier alpha value is -0.230. The van der Waals surface area contributed by atoms with Crippen LogP contribution < -0.4 is 10.1 Å². The molecule has 2 rings (SSSR count). The second-order valence-electron chi connectivity index (χ2n) is 4.70. The highest BCUT2D eigenvalue weighted by atomic mass is 35.5. The smallest absolute Gasteiger partial charge is 0.218 e. The molecule has 0 aromatic carbocycles. The Kier molecular flexibility index (Phi) is 8.61. The van der Waals surface area contributed by atoms with E-state index in [0.717, 1.165) is 25.4 Å². The summed E-state index contributed by atoms with van der Waals surface area (Å²) in [6, 6.07) is 1.67. The summed E-state index contributed by atoms with van der Waals surface area (Å²) in [4.78, 5) is 8.36. The van der Waals surface area contributed by atoms with Gasteiger partial charge in [0.15, 0.2) is 5.16 Å². The Balaban J connectivity index is 0.00000200. The first-order valence-electron chi connectivity index (χ1n) is 6.70. The number of nitrogens with zero attached hydrogens (tertiary/aromatic N) is 2. The molecule has 0 bridgehead atoms. The van der Waals surface area contributed by atoms with Gasteiger partial charge in [-0.2, -0.15) is 4.98 Å². The number of nitrogens with one attached hydrogen (secondary N) is 1. The highest BCUT2D eigenvalue weighted by Crippen LogP contribution is 2.20. The number of aromatic nitrogens is 2. The molecule has 1 aromatic heterocycles. The Labute approximate surface area is 135 Å². The molecule has 1 aliphatic heterocycles. The Morgan fingerprint density at radius 2 is 2.15 bits per heavy atom. The maximum Gasteiger partial charge on any atom is 0.218 e. The predicted molar refractivity (Wildman–Crippen MR) is 86.4 cm³/mol. The molecule has 0 unspecified atom stereocenters. The van der Waals surface area contributed by atoms with E-state index < -0.39 is 0 Å². The molecule has 0 atom stereocenters. The van der Waals surface area contributed by atoms with Gasteiger partial charge in [0.25, 0.3) is 0 Å². The lowest BCUT2D eigenvalue weighted by molar-refractivity contribution is 0.265. The van der Waals surface area contributed by atoms with Crippen LogP contribution in [0.5, 0.6) is 5.88 Å². The zero-order valence-electron chi connectivity index (χ0n) is 11.6. The van der Waals surface area contributed by atoms with Gasteiger partial charge in [0.2, 0.25) is 5.88 Å². The summed E-state index contributed by atoms with van der Waals surface area (Å²) in [6.07, 6.45) is 6.80. The van der Waals surface area contributed by atoms with Crippen molar-refractivity contribution >= 4 is 35.8 Å². The second-order valence-corrected chi connectivity index (χ2v) is 5.86. The highest BCUT2D eigenvalue weighted by Gasteiger charge is 2.12. The number of hydrogen-bond acceptors (Lipinski definition) is 5. The molecule has 1 N–H and O–H groups in total. The van der Waals surface area contributed by atoms with E-state index in [1.807, 2.05) is 6.26 Å². The third kappa shape index (κ3) is 6.04. The first kappa shape index (κ1) is 17.8. The minimum Gasteiger partial charge on any atom is -0.478 e. The lowest BCUT2D eigenvalue weighted by Crippen LogP contribution is -2.27. The van der Waals surface area contributed by atoms with Gasteiger partial charge in [-0.25, -0.2) is 4.98 Å². The fourth-order valence-electron chi connectivity index (χ4n) is 2.26. The summed E-state index contributed by atoms with van der Waals surface area (Å²) in [7, 11) is 0. The minimum absolute atomic E-state index is 0. The average Bonchev–Trinajstić information content (AvgIpc) is 2.44. The van der Waals surface area contributed by atoms with Crippen molar-refractivity contribution in [3.05, 3.63) is 11.2 Å². The van der Waals surface area contributed by atoms with Crippen LogP contribution in [-0.2, 0) is 0 Å². The van der Waals surface area contributed by atoms with Crippen LogP contribution in [-0.4, -0.2) is 35.9 Å². The number of ether oxygens (including phenoxy) is 1. The quantitative estimate of drug-likeness (QED) is 0.373. The van der Waals surface area contributed by atoms with Crippen molar-refractivity contribution < 1.29 is 4.74 Å². The second kappa shape index (κ2) is 9.66. The monoisotopic (exact) mass is 337 g/mol. The van der Waals surface area contributed by atoms with Gasteiger partial charge >= 0.3 is 0 Å². The molecule has 0 amide bonds. The van der Waals surface area contributed by atoms with Gasteiger partial charge in [-0.3, -0.25) is 0 Å². The standard InChI is InChI=1S/C13H20ClN3OS.ClH/c1-19-13-16-11(14)9-12(17-13)18-8-2-3-10-4-6-15-7-5-10;/h9-10,15H,2-8H2,1H3;1H. The fraction of sp³-hybridized carbons (Fsp3) is 0.692. The van der Waals surface area contributed by atoms with Crippen LogP contribution in [0.15, 0.2) is 11.2 Å². The molecule has 0 aliphatic carbocycles. The van der Waals surface area contributed by atoms with Gasteiger partial charge in [0.1, 0.15) is 5.15 Å². The molecule has 1 fully saturated rings. The van der Waals surface area contributed by atoms with Gasteiger partial charge in [-0.1, -0.05) is 23.4 Å². The Morgan fingerprint density at radius 1 is 1.40 bits per heavy atom. The van der Waals surface area contributed by atoms with Crippen LogP contribution in [0.4, 0.5) is 0 Å². The van der Waals surface area contributed by atoms with Gasteiger partial charge in [0, 0.05) is 6.07 Å². The van der Waals surface area contributed by atoms with E-state index >= 15 is 0 Å². The number of rotatable bonds is 6. The molecular weight excluding hydrogens is 317 g/mol. The van der Waals surface area contributed by atoms with Crippen LogP contribution in [0.25, 0.3) is 0 Å². The van der Waals surface area contributed by atoms with Crippen molar-refractivity contribution in [1.82, 2.24) is 15.3 Å². The van der Waals surface area contributed by atoms with Crippen LogP contribution in [0.2, 0.25) is 5.15 Å². The summed E-state index contributed by atoms with van der Waals surface area (Å²) in [5, 5.41) is 4.48. The number of piperidine rings is 1. The molecule has 1 aliphatic rings. The van der Waals surface area contributed by atoms with Crippen molar-refractivity contribution in [2.75, 3.05) is 26.0 Å². The molecule has 114 valence electrons. The molecule has 7 heteroatoms. The first-order valence-corrected chi connectivity index (χ1v) is 8.30. The van der Waals surface area contributed by atoms with Crippen molar-refractivity contribution in [3.63, 3.8) is 0 Å². The molecule has 20 heavy (non-hydrogen) atoms. The zero-order valence-corrected chi connectivity index (χ0v) is 14.0. The maximum absolute atomic E-state index is 5.91. The predicted octanol–water partition coefficient (Wildman–Crippen LogP) is 3.43. The van der Waals surface area contributed by atoms with E-state index in [2.05, 4.69) is 15.3 Å². The van der Waals surface area contributed by atoms with Crippen LogP contribution in [0.3, 0.4) is 0 Å². The fourth-order valence-corrected chi connectivity index (χ4v) is 2.86. The molecule has 1 aromatic rings. The zero-order chi connectivity index (χ0) is 13.5. The molecule has 0 radical (unpaired) electrons. The molecule has 1 saturated heterocycles. The summed E-state index contributed by atoms with van der Waals surface area (Å²) in [6.45, 7) is 3.01. The molecule has 2 heterocycles. The number of hydrogen-bond donors (Lipinski definition) is 1. The van der Waals surface area contributed by atoms with Crippen LogP contribution >= 0.6 is 35.8 Å². The van der Waals surface area contributed by atoms with Gasteiger partial charge in [-0.05, 0) is 50.9 Å². The van der Waals surface area contributed by atoms with E-state index in [0.29, 0.717) is 22.8 Å². The molecule has 0 spiro atoms. The van der Waals surface area contributed by atoms with Crippen LogP contribution in [0.1, 0.15) is 25.7 Å². The highest BCUT2D eigenvalue weighted by molar-refractivity contribution is 7.98. The van der Waals surface area contributed by atoms with E-state index in [4.69, 9.17) is 16.3 Å². The third-order valence-corrected chi connectivity index (χ3v) is 4.04. The number of halogens is 2. The first-order chi connectivity index (χ1) is 9.28. The summed E-state index contributed by atoms with van der Waals surface area (Å²) in [5.41, 5.74) is 0. The third-order valence-electron chi connectivity index (χ3n) is 3.30. The van der Waals surface area contributed by atoms with Crippen molar-refractivity contribution in [3.8, 4) is 5.88 Å². The van der Waals surface area contributed by atoms with Crippen LogP contribution in [0, 0.1) is 5.92 Å². The van der Waals surface area contributed by atoms with Crippen molar-refractivity contribution in [2.24, 2.45) is 5.92 Å². The average molecular weight is 338 g/mol. The van der Waals surface area contributed by atoms with Gasteiger partial charge in [-0.15, -0.1) is 12.4 Å². The lowest BCUT2D eigenvalue weighted by Gasteiger charge is -2.22. The summed E-state index contributed by atoms with van der Waals surface area (Å²) in [5.74, 6) is 1.43. The largest absolute Gasteiger partial charge is 0.478 e. The SMILES string of the molecule is CSc1nc(Cl)cc(OCCCC2CCNCC2)n1.Cl. The topological polar surface area (TPSA) is 47.0 Å². The Bertz CT molecular complexity index is 403. The Morgan fingerprint density at radius 3 is 2.85 bits per heavy atom. The summed E-state index contributed by atoms with van der Waals surface area (Å²) >= 11 is 7.38. The van der Waals surface area contributed by atoms with E-state index in [9.17, 15) is 0 Å². The van der Waals surface area contributed by atoms with Crippen molar-refractivity contribution in [1.29, 1.82) is 0 Å². The molecule has 4 nitrogen and oxygen atoms in total. The molecule has 0 saturated carbocycles. The number of thioether (sulfide) groups is 1. The normalized spacial score (nSPS) is 15.7. The van der Waals surface area contributed by atoms with E-state index in [1.165, 1.54) is 31.0 Å².